The largest absolute Gasteiger partial charge is 0.345 e. The van der Waals surface area contributed by atoms with Gasteiger partial charge in [-0.3, -0.25) is 14.5 Å². The maximum Gasteiger partial charge on any atom is 0.324 e. The number of amides is 4. The van der Waals surface area contributed by atoms with Crippen molar-refractivity contribution in [2.75, 3.05) is 20.1 Å². The Balaban J connectivity index is 2.06. The summed E-state index contributed by atoms with van der Waals surface area (Å²) in [4.78, 5) is 39.7. The van der Waals surface area contributed by atoms with Crippen LogP contribution in [0.4, 0.5) is 4.79 Å². The molecule has 6 nitrogen and oxygen atoms in total. The lowest BCUT2D eigenvalue weighted by atomic mass is 9.62. The first kappa shape index (κ1) is 20.7. The highest BCUT2D eigenvalue weighted by molar-refractivity contribution is 5.94. The molecule has 1 heterocycles. The fourth-order valence-electron chi connectivity index (χ4n) is 4.99. The number of carbonyl (C=O) groups excluding carboxylic acids is 3. The van der Waals surface area contributed by atoms with Crippen LogP contribution in [0.1, 0.15) is 72.6 Å². The van der Waals surface area contributed by atoms with Gasteiger partial charge >= 0.3 is 6.03 Å². The molecule has 1 aliphatic heterocycles. The standard InChI is InChI=1S/C20H35N3O3/c1-15(24)22(5)14-20(4)12-16(11-19(2,3)13-20)21-18(26)23-10-8-6-7-9-17(23)25/h16H,6-14H2,1-5H3,(H,21,26). The lowest BCUT2D eigenvalue weighted by Gasteiger charge is -2.48. The van der Waals surface area contributed by atoms with Crippen LogP contribution in [0.5, 0.6) is 0 Å². The molecule has 6 heteroatoms. The third-order valence-corrected chi connectivity index (χ3v) is 5.75. The third kappa shape index (κ3) is 5.45. The van der Waals surface area contributed by atoms with Crippen molar-refractivity contribution in [2.45, 2.75) is 78.7 Å². The van der Waals surface area contributed by atoms with Crippen molar-refractivity contribution < 1.29 is 14.4 Å². The summed E-state index contributed by atoms with van der Waals surface area (Å²) in [6, 6.07) is -0.227. The van der Waals surface area contributed by atoms with Crippen molar-refractivity contribution in [3.05, 3.63) is 0 Å². The maximum atomic E-state index is 12.7. The SMILES string of the molecule is CC(=O)N(C)CC1(C)CC(NC(=O)N2CCCCCC2=O)CC(C)(C)C1. The van der Waals surface area contributed by atoms with E-state index in [4.69, 9.17) is 0 Å². The van der Waals surface area contributed by atoms with Crippen LogP contribution in [-0.4, -0.2) is 53.8 Å². The number of hydrogen-bond acceptors (Lipinski definition) is 3. The van der Waals surface area contributed by atoms with Crippen LogP contribution in [0.15, 0.2) is 0 Å². The Kier molecular flexibility index (Phi) is 6.35. The van der Waals surface area contributed by atoms with Crippen LogP contribution in [0, 0.1) is 10.8 Å². The fourth-order valence-corrected chi connectivity index (χ4v) is 4.99. The summed E-state index contributed by atoms with van der Waals surface area (Å²) >= 11 is 0. The molecule has 2 fully saturated rings. The molecule has 26 heavy (non-hydrogen) atoms. The molecule has 2 aliphatic rings. The Labute approximate surface area is 157 Å². The zero-order valence-corrected chi connectivity index (χ0v) is 17.1. The van der Waals surface area contributed by atoms with E-state index < -0.39 is 0 Å². The van der Waals surface area contributed by atoms with Crippen LogP contribution in [0.3, 0.4) is 0 Å². The number of imide groups is 1. The molecule has 0 aromatic heterocycles. The molecule has 1 saturated carbocycles. The molecular formula is C20H35N3O3. The molecule has 1 aliphatic carbocycles. The highest BCUT2D eigenvalue weighted by Gasteiger charge is 2.43. The van der Waals surface area contributed by atoms with Gasteiger partial charge in [-0.15, -0.1) is 0 Å². The topological polar surface area (TPSA) is 69.7 Å². The van der Waals surface area contributed by atoms with Gasteiger partial charge in [0, 0.05) is 39.5 Å². The van der Waals surface area contributed by atoms with Gasteiger partial charge in [0.2, 0.25) is 11.8 Å². The Morgan fingerprint density at radius 2 is 1.88 bits per heavy atom. The molecule has 2 rings (SSSR count). The number of nitrogens with one attached hydrogen (secondary N) is 1. The lowest BCUT2D eigenvalue weighted by molar-refractivity contribution is -0.130. The third-order valence-electron chi connectivity index (χ3n) is 5.75. The van der Waals surface area contributed by atoms with E-state index in [2.05, 4.69) is 26.1 Å². The Morgan fingerprint density at radius 1 is 1.19 bits per heavy atom. The molecule has 0 radical (unpaired) electrons. The van der Waals surface area contributed by atoms with Crippen LogP contribution < -0.4 is 5.32 Å². The Morgan fingerprint density at radius 3 is 2.54 bits per heavy atom. The molecule has 1 N–H and O–H groups in total. The molecule has 148 valence electrons. The molecule has 1 saturated heterocycles. The summed E-state index contributed by atoms with van der Waals surface area (Å²) in [5.74, 6) is -0.000465. The van der Waals surface area contributed by atoms with Crippen LogP contribution in [0.25, 0.3) is 0 Å². The molecule has 0 aromatic carbocycles. The predicted molar refractivity (Wildman–Crippen MR) is 102 cm³/mol. The first-order chi connectivity index (χ1) is 12.0. The average Bonchev–Trinajstić information content (AvgIpc) is 2.68. The van der Waals surface area contributed by atoms with Gasteiger partial charge in [-0.05, 0) is 42.9 Å². The summed E-state index contributed by atoms with van der Waals surface area (Å²) < 4.78 is 0. The van der Waals surface area contributed by atoms with Crippen LogP contribution >= 0.6 is 0 Å². The summed E-state index contributed by atoms with van der Waals surface area (Å²) in [7, 11) is 1.83. The normalized spacial score (nSPS) is 29.0. The predicted octanol–water partition coefficient (Wildman–Crippen LogP) is 3.16. The van der Waals surface area contributed by atoms with E-state index in [1.807, 2.05) is 7.05 Å². The highest BCUT2D eigenvalue weighted by Crippen LogP contribution is 2.46. The number of likely N-dealkylation sites (tertiary alicyclic amines) is 1. The van der Waals surface area contributed by atoms with Crippen molar-refractivity contribution in [1.82, 2.24) is 15.1 Å². The average molecular weight is 366 g/mol. The Bertz CT molecular complexity index is 561. The molecule has 2 atom stereocenters. The minimum Gasteiger partial charge on any atom is -0.345 e. The van der Waals surface area contributed by atoms with Gasteiger partial charge in [0.25, 0.3) is 0 Å². The summed E-state index contributed by atoms with van der Waals surface area (Å²) in [5, 5.41) is 3.12. The maximum absolute atomic E-state index is 12.7. The number of carbonyl (C=O) groups is 3. The molecule has 4 amide bonds. The molecular weight excluding hydrogens is 330 g/mol. The molecule has 0 aromatic rings. The lowest BCUT2D eigenvalue weighted by Crippen LogP contribution is -2.53. The van der Waals surface area contributed by atoms with Gasteiger partial charge in [-0.2, -0.15) is 0 Å². The van der Waals surface area contributed by atoms with E-state index in [-0.39, 0.29) is 34.7 Å². The van der Waals surface area contributed by atoms with Crippen molar-refractivity contribution in [1.29, 1.82) is 0 Å². The minimum atomic E-state index is -0.248. The monoisotopic (exact) mass is 365 g/mol. The highest BCUT2D eigenvalue weighted by atomic mass is 16.2. The molecule has 0 spiro atoms. The zero-order valence-electron chi connectivity index (χ0n) is 17.1. The second-order valence-corrected chi connectivity index (χ2v) is 9.44. The van der Waals surface area contributed by atoms with E-state index in [9.17, 15) is 14.4 Å². The van der Waals surface area contributed by atoms with Gasteiger partial charge in [-0.1, -0.05) is 27.2 Å². The first-order valence-corrected chi connectivity index (χ1v) is 9.84. The van der Waals surface area contributed by atoms with Crippen molar-refractivity contribution in [2.24, 2.45) is 10.8 Å². The van der Waals surface area contributed by atoms with Gasteiger partial charge in [0.15, 0.2) is 0 Å². The quantitative estimate of drug-likeness (QED) is 0.835. The van der Waals surface area contributed by atoms with Gasteiger partial charge in [-0.25, -0.2) is 4.79 Å². The van der Waals surface area contributed by atoms with Gasteiger partial charge < -0.3 is 10.2 Å². The van der Waals surface area contributed by atoms with Crippen molar-refractivity contribution >= 4 is 17.8 Å². The van der Waals surface area contributed by atoms with E-state index in [0.29, 0.717) is 19.5 Å². The van der Waals surface area contributed by atoms with Crippen LogP contribution in [-0.2, 0) is 9.59 Å². The number of hydrogen-bond donors (Lipinski definition) is 1. The fraction of sp³-hybridized carbons (Fsp3) is 0.850. The van der Waals surface area contributed by atoms with Crippen molar-refractivity contribution in [3.63, 3.8) is 0 Å². The van der Waals surface area contributed by atoms with E-state index in [1.54, 1.807) is 11.8 Å². The van der Waals surface area contributed by atoms with Crippen molar-refractivity contribution in [3.8, 4) is 0 Å². The Hall–Kier alpha value is -1.59. The summed E-state index contributed by atoms with van der Waals surface area (Å²) in [6.45, 7) is 9.42. The molecule has 2 unspecified atom stereocenters. The first-order valence-electron chi connectivity index (χ1n) is 9.84. The number of urea groups is 1. The summed E-state index contributed by atoms with van der Waals surface area (Å²) in [5.41, 5.74) is 0.0221. The van der Waals surface area contributed by atoms with Crippen LogP contribution in [0.2, 0.25) is 0 Å². The zero-order chi connectivity index (χ0) is 19.5. The van der Waals surface area contributed by atoms with E-state index in [1.165, 1.54) is 4.90 Å². The van der Waals surface area contributed by atoms with E-state index in [0.717, 1.165) is 38.5 Å². The second kappa shape index (κ2) is 7.97. The second-order valence-electron chi connectivity index (χ2n) is 9.44. The smallest absolute Gasteiger partial charge is 0.324 e. The molecule has 0 bridgehead atoms. The number of nitrogens with zero attached hydrogens (tertiary/aromatic N) is 2. The number of rotatable bonds is 3. The minimum absolute atomic E-state index is 0.0210. The van der Waals surface area contributed by atoms with E-state index >= 15 is 0 Å². The van der Waals surface area contributed by atoms with Gasteiger partial charge in [0.05, 0.1) is 0 Å². The summed E-state index contributed by atoms with van der Waals surface area (Å²) in [6.07, 6.45) is 5.94. The van der Waals surface area contributed by atoms with Gasteiger partial charge in [0.1, 0.15) is 0 Å².